The van der Waals surface area contributed by atoms with E-state index in [1.807, 2.05) is 43.4 Å². The van der Waals surface area contributed by atoms with Gasteiger partial charge in [0, 0.05) is 20.2 Å². The smallest absolute Gasteiger partial charge is 0.335 e. The van der Waals surface area contributed by atoms with Crippen molar-refractivity contribution in [3.05, 3.63) is 59.7 Å². The van der Waals surface area contributed by atoms with E-state index in [1.54, 1.807) is 19.2 Å². The lowest BCUT2D eigenvalue weighted by atomic mass is 9.97. The van der Waals surface area contributed by atoms with Crippen molar-refractivity contribution in [2.75, 3.05) is 27.3 Å². The quantitative estimate of drug-likeness (QED) is 0.853. The van der Waals surface area contributed by atoms with Crippen molar-refractivity contribution >= 4 is 5.97 Å². The first kappa shape index (κ1) is 16.2. The van der Waals surface area contributed by atoms with Crippen LogP contribution >= 0.6 is 0 Å². The number of ether oxygens (including phenoxy) is 1. The lowest BCUT2D eigenvalue weighted by Gasteiger charge is -2.19. The molecule has 2 aromatic rings. The van der Waals surface area contributed by atoms with Crippen LogP contribution in [-0.2, 0) is 11.3 Å². The summed E-state index contributed by atoms with van der Waals surface area (Å²) in [5.41, 5.74) is 3.48. The van der Waals surface area contributed by atoms with Crippen molar-refractivity contribution in [2.45, 2.75) is 6.54 Å². The summed E-state index contributed by atoms with van der Waals surface area (Å²) in [7, 11) is 3.68. The Bertz CT molecular complexity index is 625. The number of benzene rings is 2. The fourth-order valence-electron chi connectivity index (χ4n) is 2.37. The van der Waals surface area contributed by atoms with Gasteiger partial charge in [-0.3, -0.25) is 4.90 Å². The number of rotatable bonds is 7. The van der Waals surface area contributed by atoms with Crippen LogP contribution in [0.1, 0.15) is 15.9 Å². The van der Waals surface area contributed by atoms with Crippen LogP contribution in [0.2, 0.25) is 0 Å². The first-order valence-electron chi connectivity index (χ1n) is 7.21. The molecule has 4 heteroatoms. The molecular formula is C18H21NO3. The average molecular weight is 299 g/mol. The van der Waals surface area contributed by atoms with E-state index in [9.17, 15) is 9.90 Å². The summed E-state index contributed by atoms with van der Waals surface area (Å²) in [4.78, 5) is 13.3. The zero-order valence-electron chi connectivity index (χ0n) is 13.0. The number of aromatic carboxylic acids is 1. The summed E-state index contributed by atoms with van der Waals surface area (Å²) in [5.74, 6) is -0.902. The van der Waals surface area contributed by atoms with Gasteiger partial charge >= 0.3 is 5.97 Å². The first-order chi connectivity index (χ1) is 10.6. The number of carboxylic acids is 1. The summed E-state index contributed by atoms with van der Waals surface area (Å²) in [5, 5.41) is 9.21. The molecule has 1 N–H and O–H groups in total. The number of methoxy groups -OCH3 is 1. The zero-order valence-corrected chi connectivity index (χ0v) is 13.0. The molecule has 4 nitrogen and oxygen atoms in total. The predicted molar refractivity (Wildman–Crippen MR) is 87.0 cm³/mol. The Hall–Kier alpha value is -2.17. The number of hydrogen-bond donors (Lipinski definition) is 1. The first-order valence-corrected chi connectivity index (χ1v) is 7.21. The van der Waals surface area contributed by atoms with Gasteiger partial charge in [-0.25, -0.2) is 4.79 Å². The maximum atomic E-state index is 11.2. The van der Waals surface area contributed by atoms with Crippen LogP contribution in [0.4, 0.5) is 0 Å². The summed E-state index contributed by atoms with van der Waals surface area (Å²) in [6, 6.07) is 15.3. The number of carboxylic acid groups (broad SMARTS) is 1. The normalized spacial score (nSPS) is 10.9. The van der Waals surface area contributed by atoms with Gasteiger partial charge in [-0.1, -0.05) is 36.4 Å². The number of nitrogens with zero attached hydrogens (tertiary/aromatic N) is 1. The molecule has 2 aromatic carbocycles. The second-order valence-corrected chi connectivity index (χ2v) is 5.27. The molecule has 0 atom stereocenters. The van der Waals surface area contributed by atoms with Crippen LogP contribution in [0.25, 0.3) is 11.1 Å². The zero-order chi connectivity index (χ0) is 15.9. The van der Waals surface area contributed by atoms with E-state index in [2.05, 4.69) is 4.90 Å². The Morgan fingerprint density at radius 2 is 1.91 bits per heavy atom. The highest BCUT2D eigenvalue weighted by atomic mass is 16.5. The van der Waals surface area contributed by atoms with Gasteiger partial charge in [0.2, 0.25) is 0 Å². The Morgan fingerprint density at radius 3 is 2.55 bits per heavy atom. The van der Waals surface area contributed by atoms with E-state index < -0.39 is 5.97 Å². The molecule has 0 aliphatic heterocycles. The Morgan fingerprint density at radius 1 is 1.18 bits per heavy atom. The van der Waals surface area contributed by atoms with Crippen LogP contribution in [-0.4, -0.2) is 43.3 Å². The van der Waals surface area contributed by atoms with Crippen molar-refractivity contribution in [2.24, 2.45) is 0 Å². The van der Waals surface area contributed by atoms with Crippen LogP contribution in [0.5, 0.6) is 0 Å². The molecule has 0 heterocycles. The van der Waals surface area contributed by atoms with Gasteiger partial charge in [-0.05, 0) is 35.9 Å². The second-order valence-electron chi connectivity index (χ2n) is 5.27. The minimum absolute atomic E-state index is 0.315. The number of carbonyl (C=O) groups is 1. The van der Waals surface area contributed by atoms with E-state index in [1.165, 1.54) is 0 Å². The monoisotopic (exact) mass is 299 g/mol. The molecule has 2 rings (SSSR count). The SMILES string of the molecule is COCCN(C)Cc1cc(C(=O)O)ccc1-c1ccccc1. The Balaban J connectivity index is 2.34. The highest BCUT2D eigenvalue weighted by molar-refractivity contribution is 5.89. The maximum absolute atomic E-state index is 11.2. The molecular weight excluding hydrogens is 278 g/mol. The van der Waals surface area contributed by atoms with Gasteiger partial charge in [0.05, 0.1) is 12.2 Å². The van der Waals surface area contributed by atoms with Gasteiger partial charge in [-0.15, -0.1) is 0 Å². The second kappa shape index (κ2) is 7.73. The molecule has 0 amide bonds. The topological polar surface area (TPSA) is 49.8 Å². The molecule has 0 saturated carbocycles. The molecule has 0 spiro atoms. The summed E-state index contributed by atoms with van der Waals surface area (Å²) < 4.78 is 5.09. The molecule has 116 valence electrons. The molecule has 0 radical (unpaired) electrons. The van der Waals surface area contributed by atoms with E-state index in [-0.39, 0.29) is 0 Å². The third kappa shape index (κ3) is 4.16. The lowest BCUT2D eigenvalue weighted by Crippen LogP contribution is -2.22. The fraction of sp³-hybridized carbons (Fsp3) is 0.278. The summed E-state index contributed by atoms with van der Waals surface area (Å²) in [6.07, 6.45) is 0. The van der Waals surface area contributed by atoms with Gasteiger partial charge in [0.25, 0.3) is 0 Å². The van der Waals surface area contributed by atoms with E-state index in [4.69, 9.17) is 4.74 Å². The van der Waals surface area contributed by atoms with Crippen molar-refractivity contribution in [1.82, 2.24) is 4.90 Å². The number of hydrogen-bond acceptors (Lipinski definition) is 3. The molecule has 0 aromatic heterocycles. The van der Waals surface area contributed by atoms with E-state index >= 15 is 0 Å². The largest absolute Gasteiger partial charge is 0.478 e. The maximum Gasteiger partial charge on any atom is 0.335 e. The van der Waals surface area contributed by atoms with Gasteiger partial charge in [0.1, 0.15) is 0 Å². The summed E-state index contributed by atoms with van der Waals surface area (Å²) in [6.45, 7) is 2.12. The van der Waals surface area contributed by atoms with E-state index in [0.29, 0.717) is 18.7 Å². The summed E-state index contributed by atoms with van der Waals surface area (Å²) >= 11 is 0. The standard InChI is InChI=1S/C18H21NO3/c1-19(10-11-22-2)13-16-12-15(18(20)21)8-9-17(16)14-6-4-3-5-7-14/h3-9,12H,10-11,13H2,1-2H3,(H,20,21). The van der Waals surface area contributed by atoms with Crippen LogP contribution in [0.15, 0.2) is 48.5 Å². The van der Waals surface area contributed by atoms with Crippen LogP contribution in [0, 0.1) is 0 Å². The van der Waals surface area contributed by atoms with Crippen molar-refractivity contribution in [3.63, 3.8) is 0 Å². The third-order valence-electron chi connectivity index (χ3n) is 3.55. The molecule has 0 saturated heterocycles. The average Bonchev–Trinajstić information content (AvgIpc) is 2.53. The van der Waals surface area contributed by atoms with Crippen LogP contribution < -0.4 is 0 Å². The minimum atomic E-state index is -0.902. The minimum Gasteiger partial charge on any atom is -0.478 e. The van der Waals surface area contributed by atoms with Crippen molar-refractivity contribution in [1.29, 1.82) is 0 Å². The van der Waals surface area contributed by atoms with Gasteiger partial charge < -0.3 is 9.84 Å². The molecule has 22 heavy (non-hydrogen) atoms. The highest BCUT2D eigenvalue weighted by Gasteiger charge is 2.11. The predicted octanol–water partition coefficient (Wildman–Crippen LogP) is 3.13. The molecule has 0 fully saturated rings. The lowest BCUT2D eigenvalue weighted by molar-refractivity contribution is 0.0696. The fourth-order valence-corrected chi connectivity index (χ4v) is 2.37. The Kier molecular flexibility index (Phi) is 5.69. The molecule has 0 unspecified atom stereocenters. The van der Waals surface area contributed by atoms with Crippen molar-refractivity contribution < 1.29 is 14.6 Å². The van der Waals surface area contributed by atoms with Gasteiger partial charge in [-0.2, -0.15) is 0 Å². The molecule has 0 bridgehead atoms. The highest BCUT2D eigenvalue weighted by Crippen LogP contribution is 2.25. The van der Waals surface area contributed by atoms with Gasteiger partial charge in [0.15, 0.2) is 0 Å². The third-order valence-corrected chi connectivity index (χ3v) is 3.55. The molecule has 0 aliphatic rings. The molecule has 0 aliphatic carbocycles. The van der Waals surface area contributed by atoms with Crippen LogP contribution in [0.3, 0.4) is 0 Å². The van der Waals surface area contributed by atoms with Crippen molar-refractivity contribution in [3.8, 4) is 11.1 Å². The number of likely N-dealkylation sites (N-methyl/N-ethyl adjacent to an activating group) is 1. The Labute approximate surface area is 131 Å². The van der Waals surface area contributed by atoms with E-state index in [0.717, 1.165) is 23.2 Å².